The Morgan fingerprint density at radius 1 is 1.41 bits per heavy atom. The molecule has 1 aliphatic heterocycles. The van der Waals surface area contributed by atoms with Crippen LogP contribution in [0.1, 0.15) is 6.42 Å². The van der Waals surface area contributed by atoms with Gasteiger partial charge in [0.1, 0.15) is 12.3 Å². The largest absolute Gasteiger partial charge is 0.508 e. The van der Waals surface area contributed by atoms with Crippen LogP contribution in [-0.2, 0) is 9.59 Å². The van der Waals surface area contributed by atoms with Gasteiger partial charge in [-0.1, -0.05) is 6.07 Å². The van der Waals surface area contributed by atoms with Crippen molar-refractivity contribution in [3.8, 4) is 5.75 Å². The molecule has 17 heavy (non-hydrogen) atoms. The lowest BCUT2D eigenvalue weighted by molar-refractivity contribution is -0.143. The second-order valence-corrected chi connectivity index (χ2v) is 3.74. The van der Waals surface area contributed by atoms with Gasteiger partial charge in [-0.3, -0.25) is 14.6 Å². The van der Waals surface area contributed by atoms with Crippen molar-refractivity contribution in [2.24, 2.45) is 0 Å². The molecule has 1 saturated heterocycles. The van der Waals surface area contributed by atoms with Gasteiger partial charge in [0.2, 0.25) is 5.91 Å². The highest BCUT2D eigenvalue weighted by molar-refractivity contribution is 5.85. The molecule has 2 rings (SSSR count). The van der Waals surface area contributed by atoms with Crippen LogP contribution in [0.15, 0.2) is 24.3 Å². The molecule has 1 aromatic rings. The van der Waals surface area contributed by atoms with E-state index >= 15 is 0 Å². The van der Waals surface area contributed by atoms with Crippen molar-refractivity contribution < 1.29 is 19.8 Å². The SMILES string of the molecule is O=C(O)CN1C(=O)CCN1c1cccc(O)c1. The van der Waals surface area contributed by atoms with Crippen molar-refractivity contribution >= 4 is 17.6 Å². The van der Waals surface area contributed by atoms with Crippen molar-refractivity contribution in [3.63, 3.8) is 0 Å². The molecule has 0 bridgehead atoms. The van der Waals surface area contributed by atoms with Crippen LogP contribution >= 0.6 is 0 Å². The number of hydrazine groups is 1. The van der Waals surface area contributed by atoms with Crippen LogP contribution in [0.2, 0.25) is 0 Å². The number of phenols is 1. The van der Waals surface area contributed by atoms with Crippen LogP contribution in [0, 0.1) is 0 Å². The van der Waals surface area contributed by atoms with Gasteiger partial charge in [0.25, 0.3) is 0 Å². The number of amides is 1. The van der Waals surface area contributed by atoms with Crippen molar-refractivity contribution in [2.45, 2.75) is 6.42 Å². The zero-order valence-electron chi connectivity index (χ0n) is 9.04. The Morgan fingerprint density at radius 2 is 2.18 bits per heavy atom. The molecule has 6 nitrogen and oxygen atoms in total. The number of hydrogen-bond donors (Lipinski definition) is 2. The van der Waals surface area contributed by atoms with Crippen LogP contribution < -0.4 is 5.01 Å². The maximum absolute atomic E-state index is 11.5. The first-order valence-corrected chi connectivity index (χ1v) is 5.16. The molecule has 1 heterocycles. The fourth-order valence-electron chi connectivity index (χ4n) is 1.81. The second-order valence-electron chi connectivity index (χ2n) is 3.74. The summed E-state index contributed by atoms with van der Waals surface area (Å²) in [5, 5.41) is 20.8. The standard InChI is InChI=1S/C11H12N2O4/c14-9-3-1-2-8(6-9)12-5-4-10(15)13(12)7-11(16)17/h1-3,6,14H,4-5,7H2,(H,16,17). The zero-order valence-corrected chi connectivity index (χ0v) is 9.04. The van der Waals surface area contributed by atoms with E-state index in [1.54, 1.807) is 17.1 Å². The minimum Gasteiger partial charge on any atom is -0.508 e. The molecular formula is C11H12N2O4. The van der Waals surface area contributed by atoms with Crippen molar-refractivity contribution in [1.29, 1.82) is 0 Å². The first-order chi connectivity index (χ1) is 8.08. The number of anilines is 1. The molecular weight excluding hydrogens is 224 g/mol. The Hall–Kier alpha value is -2.24. The van der Waals surface area contributed by atoms with Gasteiger partial charge < -0.3 is 10.2 Å². The minimum absolute atomic E-state index is 0.0807. The molecule has 90 valence electrons. The third-order valence-electron chi connectivity index (χ3n) is 2.53. The molecule has 0 saturated carbocycles. The number of aliphatic carboxylic acids is 1. The number of rotatable bonds is 3. The molecule has 0 atom stereocenters. The van der Waals surface area contributed by atoms with Gasteiger partial charge in [0, 0.05) is 19.0 Å². The normalized spacial score (nSPS) is 15.4. The lowest BCUT2D eigenvalue weighted by atomic mass is 10.3. The average Bonchev–Trinajstić information content (AvgIpc) is 2.60. The third-order valence-corrected chi connectivity index (χ3v) is 2.53. The third kappa shape index (κ3) is 2.30. The fourth-order valence-corrected chi connectivity index (χ4v) is 1.81. The van der Waals surface area contributed by atoms with Gasteiger partial charge in [-0.25, -0.2) is 5.01 Å². The number of hydrogen-bond acceptors (Lipinski definition) is 4. The second kappa shape index (κ2) is 4.32. The van der Waals surface area contributed by atoms with Crippen molar-refractivity contribution in [1.82, 2.24) is 5.01 Å². The Morgan fingerprint density at radius 3 is 2.82 bits per heavy atom. The first-order valence-electron chi connectivity index (χ1n) is 5.16. The molecule has 0 radical (unpaired) electrons. The highest BCUT2D eigenvalue weighted by atomic mass is 16.4. The molecule has 2 N–H and O–H groups in total. The number of nitrogens with zero attached hydrogens (tertiary/aromatic N) is 2. The van der Waals surface area contributed by atoms with E-state index in [2.05, 4.69) is 0 Å². The van der Waals surface area contributed by atoms with Crippen molar-refractivity contribution in [2.75, 3.05) is 18.1 Å². The van der Waals surface area contributed by atoms with Gasteiger partial charge in [0.15, 0.2) is 0 Å². The predicted octanol–water partition coefficient (Wildman–Crippen LogP) is 0.430. The highest BCUT2D eigenvalue weighted by Gasteiger charge is 2.30. The molecule has 0 aliphatic carbocycles. The van der Waals surface area contributed by atoms with Gasteiger partial charge in [-0.2, -0.15) is 0 Å². The summed E-state index contributed by atoms with van der Waals surface area (Å²) in [7, 11) is 0. The summed E-state index contributed by atoms with van der Waals surface area (Å²) in [6.07, 6.45) is 0.281. The molecule has 0 aromatic heterocycles. The number of carboxylic acids is 1. The quantitative estimate of drug-likeness (QED) is 0.795. The molecule has 0 spiro atoms. The summed E-state index contributed by atoms with van der Waals surface area (Å²) >= 11 is 0. The van der Waals surface area contributed by atoms with E-state index in [9.17, 15) is 14.7 Å². The van der Waals surface area contributed by atoms with Crippen LogP contribution in [-0.4, -0.2) is 40.2 Å². The van der Waals surface area contributed by atoms with E-state index in [1.807, 2.05) is 0 Å². The lowest BCUT2D eigenvalue weighted by Gasteiger charge is -2.28. The van der Waals surface area contributed by atoms with Crippen LogP contribution in [0.5, 0.6) is 5.75 Å². The molecule has 1 amide bonds. The maximum Gasteiger partial charge on any atom is 0.325 e. The Labute approximate surface area is 97.7 Å². The van der Waals surface area contributed by atoms with Gasteiger partial charge in [-0.15, -0.1) is 0 Å². The molecule has 1 aliphatic rings. The minimum atomic E-state index is -1.06. The number of carboxylic acid groups (broad SMARTS) is 1. The summed E-state index contributed by atoms with van der Waals surface area (Å²) in [4.78, 5) is 22.2. The molecule has 1 fully saturated rings. The number of benzene rings is 1. The molecule has 6 heteroatoms. The van der Waals surface area contributed by atoms with Crippen LogP contribution in [0.25, 0.3) is 0 Å². The Bertz CT molecular complexity index is 461. The Balaban J connectivity index is 2.25. The first kappa shape index (κ1) is 11.3. The van der Waals surface area contributed by atoms with Gasteiger partial charge in [-0.05, 0) is 12.1 Å². The van der Waals surface area contributed by atoms with Crippen molar-refractivity contribution in [3.05, 3.63) is 24.3 Å². The Kier molecular flexibility index (Phi) is 2.86. The highest BCUT2D eigenvalue weighted by Crippen LogP contribution is 2.25. The summed E-state index contributed by atoms with van der Waals surface area (Å²) in [5.41, 5.74) is 0.608. The predicted molar refractivity (Wildman–Crippen MR) is 59.4 cm³/mol. The zero-order chi connectivity index (χ0) is 12.4. The van der Waals surface area contributed by atoms with Gasteiger partial charge >= 0.3 is 5.97 Å². The lowest BCUT2D eigenvalue weighted by Crippen LogP contribution is -2.42. The van der Waals surface area contributed by atoms with E-state index < -0.39 is 5.97 Å². The molecule has 0 unspecified atom stereocenters. The topological polar surface area (TPSA) is 81.1 Å². The number of phenolic OH excluding ortho intramolecular Hbond substituents is 1. The summed E-state index contributed by atoms with van der Waals surface area (Å²) in [6.45, 7) is 0.0596. The number of carbonyl (C=O) groups excluding carboxylic acids is 1. The summed E-state index contributed by atoms with van der Waals surface area (Å²) in [6, 6.07) is 6.37. The summed E-state index contributed by atoms with van der Waals surface area (Å²) < 4.78 is 0. The number of carbonyl (C=O) groups is 2. The monoisotopic (exact) mass is 236 g/mol. The van der Waals surface area contributed by atoms with E-state index in [1.165, 1.54) is 17.1 Å². The smallest absolute Gasteiger partial charge is 0.325 e. The van der Waals surface area contributed by atoms with Crippen LogP contribution in [0.3, 0.4) is 0 Å². The van der Waals surface area contributed by atoms with E-state index in [-0.39, 0.29) is 24.6 Å². The van der Waals surface area contributed by atoms with E-state index in [0.29, 0.717) is 12.2 Å². The summed E-state index contributed by atoms with van der Waals surface area (Å²) in [5.74, 6) is -1.21. The fraction of sp³-hybridized carbons (Fsp3) is 0.273. The maximum atomic E-state index is 11.5. The average molecular weight is 236 g/mol. The van der Waals surface area contributed by atoms with Gasteiger partial charge in [0.05, 0.1) is 5.69 Å². The number of aromatic hydroxyl groups is 1. The van der Waals surface area contributed by atoms with E-state index in [0.717, 1.165) is 0 Å². The molecule has 1 aromatic carbocycles. The van der Waals surface area contributed by atoms with E-state index in [4.69, 9.17) is 5.11 Å². The van der Waals surface area contributed by atoms with Crippen LogP contribution in [0.4, 0.5) is 5.69 Å².